The van der Waals surface area contributed by atoms with Gasteiger partial charge in [0, 0.05) is 22.8 Å². The zero-order valence-electron chi connectivity index (χ0n) is 24.8. The molecule has 0 bridgehead atoms. The van der Waals surface area contributed by atoms with E-state index in [0.717, 1.165) is 32.1 Å². The molecule has 40 heavy (non-hydrogen) atoms. The Morgan fingerprint density at radius 2 is 1.88 bits per heavy atom. The Kier molecular flexibility index (Phi) is 7.58. The van der Waals surface area contributed by atoms with Crippen LogP contribution in [0.3, 0.4) is 0 Å². The van der Waals surface area contributed by atoms with Gasteiger partial charge in [-0.25, -0.2) is 4.99 Å². The third-order valence-electron chi connectivity index (χ3n) is 10.7. The average molecular weight is 546 g/mol. The van der Waals surface area contributed by atoms with E-state index in [1.54, 1.807) is 38.6 Å². The van der Waals surface area contributed by atoms with E-state index in [9.17, 15) is 9.59 Å². The van der Waals surface area contributed by atoms with E-state index in [4.69, 9.17) is 14.2 Å². The monoisotopic (exact) mass is 545 g/mol. The normalized spacial score (nSPS) is 35.4. The van der Waals surface area contributed by atoms with Crippen molar-refractivity contribution in [2.45, 2.75) is 59.8 Å². The first-order valence-corrected chi connectivity index (χ1v) is 14.6. The third-order valence-corrected chi connectivity index (χ3v) is 10.7. The van der Waals surface area contributed by atoms with Gasteiger partial charge in [0.2, 0.25) is 5.88 Å². The number of hydrogen-bond acceptors (Lipinski definition) is 6. The molecule has 6 nitrogen and oxygen atoms in total. The molecule has 3 fully saturated rings. The highest BCUT2D eigenvalue weighted by Crippen LogP contribution is 2.67. The van der Waals surface area contributed by atoms with Crippen LogP contribution in [0.25, 0.3) is 12.5 Å². The summed E-state index contributed by atoms with van der Waals surface area (Å²) in [6, 6.07) is 3.58. The minimum atomic E-state index is -0.0538. The van der Waals surface area contributed by atoms with Crippen LogP contribution in [0.5, 0.6) is 11.5 Å². The number of ether oxygens (including phenoxy) is 3. The fourth-order valence-electron chi connectivity index (χ4n) is 8.90. The lowest BCUT2D eigenvalue weighted by molar-refractivity contribution is -0.133. The second-order valence-corrected chi connectivity index (χ2v) is 12.7. The van der Waals surface area contributed by atoms with Gasteiger partial charge < -0.3 is 14.2 Å². The number of carbonyl (C=O) groups is 2. The van der Waals surface area contributed by atoms with Crippen molar-refractivity contribution in [3.05, 3.63) is 46.4 Å². The van der Waals surface area contributed by atoms with Gasteiger partial charge in [0.05, 0.1) is 14.2 Å². The summed E-state index contributed by atoms with van der Waals surface area (Å²) >= 11 is 0. The number of fused-ring (bicyclic) bond motifs is 5. The first-order chi connectivity index (χ1) is 19.1. The maximum Gasteiger partial charge on any atom is 0.221 e. The van der Waals surface area contributed by atoms with Gasteiger partial charge in [-0.05, 0) is 97.6 Å². The number of aliphatic imine (C=N–C) groups is 1. The Balaban J connectivity index is 1.39. The molecule has 0 amide bonds. The van der Waals surface area contributed by atoms with E-state index in [1.807, 2.05) is 13.0 Å². The molecule has 0 radical (unpaired) electrons. The summed E-state index contributed by atoms with van der Waals surface area (Å²) in [6.45, 7) is 12.9. The van der Waals surface area contributed by atoms with Crippen LogP contribution in [0.15, 0.2) is 40.9 Å². The first-order valence-electron chi connectivity index (χ1n) is 14.6. The van der Waals surface area contributed by atoms with Crippen LogP contribution < -0.4 is 19.9 Å². The van der Waals surface area contributed by atoms with Gasteiger partial charge in [-0.2, -0.15) is 0 Å². The largest absolute Gasteiger partial charge is 0.493 e. The lowest BCUT2D eigenvalue weighted by Gasteiger charge is -2.56. The maximum atomic E-state index is 13.9. The van der Waals surface area contributed by atoms with Crippen LogP contribution in [0.1, 0.15) is 59.8 Å². The quantitative estimate of drug-likeness (QED) is 0.450. The Labute approximate surface area is 237 Å². The van der Waals surface area contributed by atoms with E-state index in [-0.39, 0.29) is 34.9 Å². The molecule has 0 N–H and O–H groups in total. The molecule has 0 heterocycles. The van der Waals surface area contributed by atoms with Crippen molar-refractivity contribution in [1.82, 2.24) is 0 Å². The van der Waals surface area contributed by atoms with Gasteiger partial charge in [-0.3, -0.25) is 9.59 Å². The zero-order valence-corrected chi connectivity index (χ0v) is 24.8. The van der Waals surface area contributed by atoms with E-state index in [1.165, 1.54) is 5.57 Å². The molecule has 0 aromatic heterocycles. The van der Waals surface area contributed by atoms with Crippen molar-refractivity contribution >= 4 is 30.2 Å². The van der Waals surface area contributed by atoms with Crippen molar-refractivity contribution in [3.8, 4) is 11.5 Å². The molecule has 1 aromatic rings. The number of allylic oxidation sites excluding steroid dienone is 4. The maximum absolute atomic E-state index is 13.9. The summed E-state index contributed by atoms with van der Waals surface area (Å²) in [4.78, 5) is 30.5. The van der Waals surface area contributed by atoms with Gasteiger partial charge in [0.25, 0.3) is 0 Å². The second-order valence-electron chi connectivity index (χ2n) is 12.7. The van der Waals surface area contributed by atoms with Crippen molar-refractivity contribution in [3.63, 3.8) is 0 Å². The summed E-state index contributed by atoms with van der Waals surface area (Å²) in [5.41, 5.74) is 1.21. The summed E-state index contributed by atoms with van der Waals surface area (Å²) in [5, 5.41) is 1.36. The van der Waals surface area contributed by atoms with Crippen LogP contribution in [0, 0.1) is 40.4 Å². The Hall–Kier alpha value is -3.15. The molecule has 214 valence electrons. The predicted octanol–water partition coefficient (Wildman–Crippen LogP) is 5.03. The smallest absolute Gasteiger partial charge is 0.221 e. The number of rotatable bonds is 7. The van der Waals surface area contributed by atoms with Crippen LogP contribution >= 0.6 is 0 Å². The third kappa shape index (κ3) is 4.53. The summed E-state index contributed by atoms with van der Waals surface area (Å²) in [6.07, 6.45) is 12.7. The first kappa shape index (κ1) is 28.4. The number of nitrogens with zero attached hydrogens (tertiary/aromatic N) is 1. The number of carbonyl (C=O) groups excluding carboxylic acids is 2. The van der Waals surface area contributed by atoms with Gasteiger partial charge in [0.1, 0.15) is 6.61 Å². The highest BCUT2D eigenvalue weighted by Gasteiger charge is 2.61. The van der Waals surface area contributed by atoms with Gasteiger partial charge >= 0.3 is 0 Å². The highest BCUT2D eigenvalue weighted by molar-refractivity contribution is 6.01. The van der Waals surface area contributed by atoms with Crippen LogP contribution in [-0.4, -0.2) is 38.6 Å². The van der Waals surface area contributed by atoms with Crippen molar-refractivity contribution < 1.29 is 23.8 Å². The number of Topliss-reactive ketones (excluding diaryl/α,β-unsaturated/α-hetero) is 1. The summed E-state index contributed by atoms with van der Waals surface area (Å²) in [7, 11) is 3.17. The molecule has 4 aliphatic carbocycles. The molecule has 0 spiro atoms. The van der Waals surface area contributed by atoms with Crippen molar-refractivity contribution in [2.24, 2.45) is 45.4 Å². The predicted molar refractivity (Wildman–Crippen MR) is 158 cm³/mol. The fraction of sp³-hybridized carbons (Fsp3) is 0.559. The summed E-state index contributed by atoms with van der Waals surface area (Å²) < 4.78 is 17.0. The highest BCUT2D eigenvalue weighted by atomic mass is 16.5. The summed E-state index contributed by atoms with van der Waals surface area (Å²) in [5.74, 6) is 3.58. The number of hydrogen-bond donors (Lipinski definition) is 0. The van der Waals surface area contributed by atoms with Crippen molar-refractivity contribution in [1.29, 1.82) is 0 Å². The molecular formula is C34H43NO5. The van der Waals surface area contributed by atoms with Crippen molar-refractivity contribution in [2.75, 3.05) is 20.8 Å². The molecule has 6 unspecified atom stereocenters. The number of ketones is 2. The minimum absolute atomic E-state index is 0.0265. The number of methoxy groups -OCH3 is 2. The van der Waals surface area contributed by atoms with E-state index >= 15 is 0 Å². The molecular weight excluding hydrogens is 502 g/mol. The van der Waals surface area contributed by atoms with Gasteiger partial charge in [-0.15, -0.1) is 0 Å². The van der Waals surface area contributed by atoms with Gasteiger partial charge in [-0.1, -0.05) is 39.0 Å². The number of benzene rings is 1. The van der Waals surface area contributed by atoms with E-state index < -0.39 is 0 Å². The van der Waals surface area contributed by atoms with E-state index in [2.05, 4.69) is 38.4 Å². The molecule has 4 aliphatic rings. The second kappa shape index (κ2) is 10.7. The lowest BCUT2D eigenvalue weighted by atomic mass is 9.47. The molecule has 3 saturated carbocycles. The SMILES string of the molecule is C=c1cc(OC)c(OC)c/c1=C(/N=C\C)OCC(=O)C1[C@H](C)CC2C3CCC4=CC(=O)C=CC4(C)C3CCC21C. The fourth-order valence-corrected chi connectivity index (χ4v) is 8.90. The van der Waals surface area contributed by atoms with Crippen LogP contribution in [0.2, 0.25) is 0 Å². The van der Waals surface area contributed by atoms with E-state index in [0.29, 0.717) is 51.5 Å². The Morgan fingerprint density at radius 1 is 1.15 bits per heavy atom. The molecule has 0 saturated heterocycles. The lowest BCUT2D eigenvalue weighted by Crippen LogP contribution is -2.50. The zero-order chi connectivity index (χ0) is 28.8. The van der Waals surface area contributed by atoms with Gasteiger partial charge in [0.15, 0.2) is 23.1 Å². The molecule has 1 aromatic carbocycles. The van der Waals surface area contributed by atoms with Crippen LogP contribution in [0.4, 0.5) is 0 Å². The topological polar surface area (TPSA) is 74.2 Å². The molecule has 7 atom stereocenters. The van der Waals surface area contributed by atoms with Crippen LogP contribution in [-0.2, 0) is 14.3 Å². The average Bonchev–Trinajstić information content (AvgIpc) is 3.21. The Morgan fingerprint density at radius 3 is 2.58 bits per heavy atom. The minimum Gasteiger partial charge on any atom is -0.493 e. The standard InChI is InChI=1S/C34H43NO5/c1-8-35-32(25-18-30(39-7)29(38-6)16-20(25)2)40-19-28(37)31-21(3)15-27-24-10-9-22-17-23(36)11-13-33(22,4)26(24)12-14-34(27,31)5/h8,11,13,16-18,21,24,26-27,31H,2,9-10,12,14-15,19H2,1,3-7H3/b32-25+,35-8-/t21-,24?,26?,27?,31?,33?,34?/m1/s1. The molecule has 6 heteroatoms. The Bertz CT molecular complexity index is 1410. The molecule has 5 rings (SSSR count). The molecule has 0 aliphatic heterocycles.